The van der Waals surface area contributed by atoms with Gasteiger partial charge in [-0.2, -0.15) is 0 Å². The number of aliphatic hydroxyl groups is 2. The highest BCUT2D eigenvalue weighted by Crippen LogP contribution is 2.10. The number of rotatable bonds is 19. The molecule has 0 spiro atoms. The molecule has 0 fully saturated rings. The summed E-state index contributed by atoms with van der Waals surface area (Å²) in [5.74, 6) is 0. The van der Waals surface area contributed by atoms with Crippen molar-refractivity contribution < 1.29 is 14.9 Å². The third-order valence-electron chi connectivity index (χ3n) is 4.38. The van der Waals surface area contributed by atoms with Crippen LogP contribution in [-0.2, 0) is 4.74 Å². The third kappa shape index (κ3) is 65.2. The van der Waals surface area contributed by atoms with Crippen molar-refractivity contribution in [2.24, 2.45) is 0 Å². The summed E-state index contributed by atoms with van der Waals surface area (Å²) in [6.07, 6.45) is 25.7. The van der Waals surface area contributed by atoms with Crippen LogP contribution in [0.2, 0.25) is 0 Å². The minimum absolute atomic E-state index is 0.125. The van der Waals surface area contributed by atoms with Gasteiger partial charge in [0.25, 0.3) is 0 Å². The van der Waals surface area contributed by atoms with Gasteiger partial charge in [0, 0.05) is 13.2 Å². The Balaban J connectivity index is -0.000000304. The maximum absolute atomic E-state index is 7.62. The van der Waals surface area contributed by atoms with E-state index in [1.165, 1.54) is 103 Å². The molecule has 0 aromatic rings. The lowest BCUT2D eigenvalue weighted by atomic mass is 10.1. The Morgan fingerprint density at radius 1 is 0.516 bits per heavy atom. The van der Waals surface area contributed by atoms with Gasteiger partial charge in [0.2, 0.25) is 0 Å². The Kier molecular flexibility index (Phi) is 57.4. The minimum atomic E-state index is -0.125. The molecule has 0 bridgehead atoms. The molecule has 0 heterocycles. The molecule has 0 aliphatic carbocycles. The van der Waals surface area contributed by atoms with E-state index in [9.17, 15) is 0 Å². The van der Waals surface area contributed by atoms with Crippen LogP contribution >= 0.6 is 0 Å². The van der Waals surface area contributed by atoms with Gasteiger partial charge in [-0.05, 0) is 26.7 Å². The van der Waals surface area contributed by atoms with Crippen LogP contribution in [0.25, 0.3) is 0 Å². The Labute approximate surface area is 197 Å². The third-order valence-corrected chi connectivity index (χ3v) is 4.38. The van der Waals surface area contributed by atoms with E-state index in [2.05, 4.69) is 27.0 Å². The minimum Gasteiger partial charge on any atom is -0.394 e. The Morgan fingerprint density at radius 3 is 0.968 bits per heavy atom. The van der Waals surface area contributed by atoms with E-state index in [-0.39, 0.29) is 13.2 Å². The standard InChI is InChI=1S/C20H42O.2C3H6.C2H6O2/c1-3-5-7-9-11-13-15-17-19-21-20-18-16-14-12-10-8-6-4-2;2*1-3-2;3-1-2-4/h3-20H2,1-2H3;2*3H,1H2,2H3;3-4H,1-2H2. The zero-order valence-electron chi connectivity index (χ0n) is 22.0. The summed E-state index contributed by atoms with van der Waals surface area (Å²) >= 11 is 0. The van der Waals surface area contributed by atoms with Crippen molar-refractivity contribution in [3.05, 3.63) is 25.3 Å². The molecule has 0 aromatic heterocycles. The SMILES string of the molecule is C=CC.C=CC.CCCCCCCCCCOCCCCCCCCCC.OCCO. The van der Waals surface area contributed by atoms with Crippen LogP contribution in [0.4, 0.5) is 0 Å². The molecular weight excluding hydrogens is 384 g/mol. The zero-order chi connectivity index (χ0) is 24.3. The Bertz CT molecular complexity index is 241. The van der Waals surface area contributed by atoms with Gasteiger partial charge in [-0.3, -0.25) is 0 Å². The first kappa shape index (κ1) is 37.7. The van der Waals surface area contributed by atoms with Gasteiger partial charge in [0.15, 0.2) is 0 Å². The van der Waals surface area contributed by atoms with E-state index in [4.69, 9.17) is 14.9 Å². The number of allylic oxidation sites excluding steroid dienone is 2. The van der Waals surface area contributed by atoms with Crippen LogP contribution in [-0.4, -0.2) is 36.6 Å². The first-order valence-corrected chi connectivity index (χ1v) is 13.1. The summed E-state index contributed by atoms with van der Waals surface area (Å²) < 4.78 is 5.72. The first-order valence-electron chi connectivity index (χ1n) is 13.1. The van der Waals surface area contributed by atoms with Gasteiger partial charge in [-0.25, -0.2) is 0 Å². The van der Waals surface area contributed by atoms with Crippen molar-refractivity contribution >= 4 is 0 Å². The molecule has 0 aliphatic heterocycles. The van der Waals surface area contributed by atoms with Crippen LogP contribution in [0.5, 0.6) is 0 Å². The van der Waals surface area contributed by atoms with Crippen molar-refractivity contribution in [3.63, 3.8) is 0 Å². The second-order valence-electron chi connectivity index (χ2n) is 7.83. The van der Waals surface area contributed by atoms with Crippen molar-refractivity contribution in [1.82, 2.24) is 0 Å². The van der Waals surface area contributed by atoms with Crippen LogP contribution in [0, 0.1) is 0 Å². The summed E-state index contributed by atoms with van der Waals surface area (Å²) in [6, 6.07) is 0. The van der Waals surface area contributed by atoms with Crippen LogP contribution in [0.3, 0.4) is 0 Å². The molecule has 0 rings (SSSR count). The molecule has 0 unspecified atom stereocenters. The molecule has 3 nitrogen and oxygen atoms in total. The molecule has 0 radical (unpaired) electrons. The van der Waals surface area contributed by atoms with Crippen LogP contribution < -0.4 is 0 Å². The van der Waals surface area contributed by atoms with Gasteiger partial charge >= 0.3 is 0 Å². The van der Waals surface area contributed by atoms with Crippen LogP contribution in [0.15, 0.2) is 25.3 Å². The second-order valence-corrected chi connectivity index (χ2v) is 7.83. The highest BCUT2D eigenvalue weighted by molar-refractivity contribution is 4.52. The molecule has 31 heavy (non-hydrogen) atoms. The Hall–Kier alpha value is -0.640. The summed E-state index contributed by atoms with van der Waals surface area (Å²) in [5, 5.41) is 15.2. The van der Waals surface area contributed by atoms with E-state index in [0.717, 1.165) is 13.2 Å². The average molecular weight is 445 g/mol. The topological polar surface area (TPSA) is 49.7 Å². The molecule has 0 atom stereocenters. The smallest absolute Gasteiger partial charge is 0.0662 e. The lowest BCUT2D eigenvalue weighted by Gasteiger charge is -2.05. The monoisotopic (exact) mass is 444 g/mol. The maximum Gasteiger partial charge on any atom is 0.0662 e. The molecule has 0 amide bonds. The summed E-state index contributed by atoms with van der Waals surface area (Å²) in [6.45, 7) is 16.8. The molecular formula is C28H60O3. The highest BCUT2D eigenvalue weighted by atomic mass is 16.5. The first-order chi connectivity index (χ1) is 15.2. The molecule has 0 saturated heterocycles. The number of hydrogen-bond donors (Lipinski definition) is 2. The summed E-state index contributed by atoms with van der Waals surface area (Å²) in [4.78, 5) is 0. The molecule has 0 saturated carbocycles. The maximum atomic E-state index is 7.62. The van der Waals surface area contributed by atoms with Crippen molar-refractivity contribution in [3.8, 4) is 0 Å². The fraction of sp³-hybridized carbons (Fsp3) is 0.857. The Morgan fingerprint density at radius 2 is 0.742 bits per heavy atom. The van der Waals surface area contributed by atoms with E-state index in [1.807, 2.05) is 13.8 Å². The number of unbranched alkanes of at least 4 members (excludes halogenated alkanes) is 14. The molecule has 190 valence electrons. The van der Waals surface area contributed by atoms with Crippen molar-refractivity contribution in [1.29, 1.82) is 0 Å². The predicted octanol–water partition coefficient (Wildman–Crippen LogP) is 8.64. The lowest BCUT2D eigenvalue weighted by molar-refractivity contribution is 0.125. The fourth-order valence-corrected chi connectivity index (χ4v) is 2.78. The van der Waals surface area contributed by atoms with Gasteiger partial charge in [-0.1, -0.05) is 116 Å². The molecule has 3 heteroatoms. The van der Waals surface area contributed by atoms with E-state index in [0.29, 0.717) is 0 Å². The number of aliphatic hydroxyl groups excluding tert-OH is 2. The molecule has 0 aliphatic rings. The van der Waals surface area contributed by atoms with Crippen molar-refractivity contribution in [2.75, 3.05) is 26.4 Å². The van der Waals surface area contributed by atoms with E-state index < -0.39 is 0 Å². The van der Waals surface area contributed by atoms with Crippen LogP contribution in [0.1, 0.15) is 130 Å². The zero-order valence-corrected chi connectivity index (χ0v) is 22.0. The normalized spacial score (nSPS) is 9.35. The largest absolute Gasteiger partial charge is 0.394 e. The number of hydrogen-bond acceptors (Lipinski definition) is 3. The van der Waals surface area contributed by atoms with Gasteiger partial charge < -0.3 is 14.9 Å². The van der Waals surface area contributed by atoms with Gasteiger partial charge in [0.05, 0.1) is 13.2 Å². The van der Waals surface area contributed by atoms with Gasteiger partial charge in [0.1, 0.15) is 0 Å². The predicted molar refractivity (Wildman–Crippen MR) is 142 cm³/mol. The number of ether oxygens (including phenoxy) is 1. The second kappa shape index (κ2) is 47.2. The van der Waals surface area contributed by atoms with Crippen molar-refractivity contribution in [2.45, 2.75) is 130 Å². The average Bonchev–Trinajstić information content (AvgIpc) is 2.77. The molecule has 0 aromatic carbocycles. The quantitative estimate of drug-likeness (QED) is 0.155. The summed E-state index contributed by atoms with van der Waals surface area (Å²) in [7, 11) is 0. The molecule has 2 N–H and O–H groups in total. The fourth-order valence-electron chi connectivity index (χ4n) is 2.78. The summed E-state index contributed by atoms with van der Waals surface area (Å²) in [5.41, 5.74) is 0. The lowest BCUT2D eigenvalue weighted by Crippen LogP contribution is -1.97. The van der Waals surface area contributed by atoms with E-state index >= 15 is 0 Å². The van der Waals surface area contributed by atoms with E-state index in [1.54, 1.807) is 12.2 Å². The van der Waals surface area contributed by atoms with Gasteiger partial charge in [-0.15, -0.1) is 13.2 Å². The highest BCUT2D eigenvalue weighted by Gasteiger charge is 1.94.